The van der Waals surface area contributed by atoms with E-state index < -0.39 is 67.1 Å². The van der Waals surface area contributed by atoms with Gasteiger partial charge in [-0.2, -0.15) is 18.3 Å². The Labute approximate surface area is 254 Å². The number of imide groups is 1. The third kappa shape index (κ3) is 5.98. The van der Waals surface area contributed by atoms with Crippen molar-refractivity contribution in [3.8, 4) is 11.1 Å². The van der Waals surface area contributed by atoms with Gasteiger partial charge in [-0.25, -0.2) is 13.6 Å². The second-order valence-corrected chi connectivity index (χ2v) is 11.3. The summed E-state index contributed by atoms with van der Waals surface area (Å²) in [6, 6.07) is 5.74. The molecule has 1 saturated heterocycles. The number of hydrogen-bond donors (Lipinski definition) is 1. The minimum absolute atomic E-state index is 0.00898. The fourth-order valence-electron chi connectivity index (χ4n) is 5.48. The number of nitrogens with one attached hydrogen (secondary N) is 1. The Morgan fingerprint density at radius 3 is 2.40 bits per heavy atom. The molecule has 45 heavy (non-hydrogen) atoms. The van der Waals surface area contributed by atoms with E-state index in [0.717, 1.165) is 19.1 Å². The molecule has 1 fully saturated rings. The number of carbonyl (C=O) groups excluding carboxylic acids is 4. The maximum atomic E-state index is 15.5. The number of aromatic nitrogens is 2. The highest BCUT2D eigenvalue weighted by Crippen LogP contribution is 2.49. The molecule has 2 aromatic carbocycles. The predicted molar refractivity (Wildman–Crippen MR) is 149 cm³/mol. The normalized spacial score (nSPS) is 19.9. The number of urea groups is 1. The maximum Gasteiger partial charge on any atom is 0.408 e. The zero-order chi connectivity index (χ0) is 32.8. The highest BCUT2D eigenvalue weighted by Gasteiger charge is 2.59. The summed E-state index contributed by atoms with van der Waals surface area (Å²) < 4.78 is 71.4. The summed E-state index contributed by atoms with van der Waals surface area (Å²) >= 11 is 0. The van der Waals surface area contributed by atoms with Gasteiger partial charge in [0.25, 0.3) is 5.91 Å². The number of nitrogens with zero attached hydrogens (tertiary/aromatic N) is 5. The van der Waals surface area contributed by atoms with Gasteiger partial charge in [0.1, 0.15) is 36.7 Å². The number of alkyl halides is 4. The molecule has 0 radical (unpaired) electrons. The van der Waals surface area contributed by atoms with E-state index in [1.165, 1.54) is 40.0 Å². The summed E-state index contributed by atoms with van der Waals surface area (Å²) in [6.45, 7) is -0.835. The summed E-state index contributed by atoms with van der Waals surface area (Å²) in [5.74, 6) is -2.95. The predicted octanol–water partition coefficient (Wildman–Crippen LogP) is 3.92. The van der Waals surface area contributed by atoms with Crippen LogP contribution in [0.15, 0.2) is 54.9 Å². The monoisotopic (exact) mass is 632 g/mol. The van der Waals surface area contributed by atoms with Crippen LogP contribution in [-0.4, -0.2) is 81.1 Å². The first-order chi connectivity index (χ1) is 21.1. The molecule has 5 amide bonds. The van der Waals surface area contributed by atoms with Gasteiger partial charge < -0.3 is 15.1 Å². The van der Waals surface area contributed by atoms with E-state index in [2.05, 4.69) is 10.4 Å². The molecule has 0 bridgehead atoms. The Bertz CT molecular complexity index is 1660. The quantitative estimate of drug-likeness (QED) is 0.299. The van der Waals surface area contributed by atoms with Crippen LogP contribution < -0.4 is 5.32 Å². The summed E-state index contributed by atoms with van der Waals surface area (Å²) in [7, 11) is 3.22. The van der Waals surface area contributed by atoms with Crippen LogP contribution in [-0.2, 0) is 33.0 Å². The van der Waals surface area contributed by atoms with Crippen LogP contribution in [0.2, 0.25) is 0 Å². The Kier molecular flexibility index (Phi) is 8.14. The van der Waals surface area contributed by atoms with Gasteiger partial charge in [0.05, 0.1) is 6.20 Å². The van der Waals surface area contributed by atoms with Crippen molar-refractivity contribution in [2.45, 2.75) is 50.4 Å². The van der Waals surface area contributed by atoms with Gasteiger partial charge >= 0.3 is 12.2 Å². The first kappa shape index (κ1) is 31.6. The Morgan fingerprint density at radius 2 is 1.76 bits per heavy atom. The molecule has 0 saturated carbocycles. The first-order valence-corrected chi connectivity index (χ1v) is 13.9. The van der Waals surface area contributed by atoms with E-state index >= 15 is 4.39 Å². The molecule has 2 heterocycles. The van der Waals surface area contributed by atoms with Crippen molar-refractivity contribution in [3.63, 3.8) is 0 Å². The van der Waals surface area contributed by atoms with Crippen LogP contribution in [0.5, 0.6) is 0 Å². The lowest BCUT2D eigenvalue weighted by atomic mass is 9.90. The molecule has 10 nitrogen and oxygen atoms in total. The lowest BCUT2D eigenvalue weighted by Gasteiger charge is -2.32. The fraction of sp³-hybridized carbons (Fsp3) is 0.367. The molecule has 15 heteroatoms. The summed E-state index contributed by atoms with van der Waals surface area (Å²) in [4.78, 5) is 54.3. The molecule has 2 aliphatic rings. The SMILES string of the molecule is CC(N(Cc1ccc(F)cc1)C(=O)CN1C(=O)N[C@]2(C[C@@H](F)c3cc(-c4cnn(CC(=O)N(C)C)c4)ccc32)C1=O)C(F)(F)F. The van der Waals surface area contributed by atoms with Crippen molar-refractivity contribution in [1.82, 2.24) is 29.8 Å². The fourth-order valence-corrected chi connectivity index (χ4v) is 5.48. The summed E-state index contributed by atoms with van der Waals surface area (Å²) in [6.07, 6.45) is -3.90. The largest absolute Gasteiger partial charge is 0.408 e. The number of hydrogen-bond acceptors (Lipinski definition) is 5. The van der Waals surface area contributed by atoms with Crippen LogP contribution in [0.25, 0.3) is 11.1 Å². The molecular weight excluding hydrogens is 603 g/mol. The minimum atomic E-state index is -4.84. The number of likely N-dealkylation sites (N-methyl/N-ethyl adjacent to an activating group) is 1. The van der Waals surface area contributed by atoms with E-state index in [-0.39, 0.29) is 29.1 Å². The van der Waals surface area contributed by atoms with Crippen LogP contribution in [0.1, 0.15) is 36.2 Å². The Hall–Kier alpha value is -4.82. The van der Waals surface area contributed by atoms with Gasteiger partial charge in [0.15, 0.2) is 0 Å². The van der Waals surface area contributed by atoms with E-state index in [1.54, 1.807) is 26.4 Å². The first-order valence-electron chi connectivity index (χ1n) is 13.9. The second kappa shape index (κ2) is 11.6. The number of carbonyl (C=O) groups is 4. The van der Waals surface area contributed by atoms with Crippen molar-refractivity contribution in [1.29, 1.82) is 0 Å². The molecule has 238 valence electrons. The van der Waals surface area contributed by atoms with E-state index in [1.807, 2.05) is 0 Å². The smallest absolute Gasteiger partial charge is 0.347 e. The van der Waals surface area contributed by atoms with Crippen molar-refractivity contribution < 1.29 is 41.1 Å². The number of amides is 5. The lowest BCUT2D eigenvalue weighted by Crippen LogP contribution is -2.51. The van der Waals surface area contributed by atoms with Crippen LogP contribution in [0.3, 0.4) is 0 Å². The van der Waals surface area contributed by atoms with Crippen molar-refractivity contribution in [3.05, 3.63) is 77.4 Å². The highest BCUT2D eigenvalue weighted by atomic mass is 19.4. The Balaban J connectivity index is 1.38. The molecule has 5 rings (SSSR count). The molecular formula is C30H29F5N6O4. The number of fused-ring (bicyclic) bond motifs is 2. The zero-order valence-corrected chi connectivity index (χ0v) is 24.4. The average molecular weight is 633 g/mol. The summed E-state index contributed by atoms with van der Waals surface area (Å²) in [5.41, 5.74) is -0.260. The van der Waals surface area contributed by atoms with Crippen LogP contribution >= 0.6 is 0 Å². The molecule has 1 aliphatic carbocycles. The van der Waals surface area contributed by atoms with E-state index in [9.17, 15) is 36.7 Å². The topological polar surface area (TPSA) is 108 Å². The molecule has 3 aromatic rings. The third-order valence-electron chi connectivity index (χ3n) is 8.09. The van der Waals surface area contributed by atoms with Crippen LogP contribution in [0, 0.1) is 5.82 Å². The molecule has 1 aliphatic heterocycles. The molecule has 1 spiro atoms. The van der Waals surface area contributed by atoms with Crippen LogP contribution in [0.4, 0.5) is 26.7 Å². The standard InChI is InChI=1S/C30H29F5N6O4/c1-17(30(33,34)35)40(13-18-4-7-21(31)8-5-18)26(43)16-41-27(44)29(37-28(41)45)11-24(32)22-10-19(6-9-23(22)29)20-12-36-39(14-20)15-25(42)38(2)3/h4-10,12,14,17,24H,11,13,15-16H2,1-3H3,(H,37,45)/t17?,24-,29+/m1/s1. The number of benzene rings is 2. The van der Waals surface area contributed by atoms with E-state index in [0.29, 0.717) is 20.9 Å². The number of rotatable bonds is 8. The highest BCUT2D eigenvalue weighted by molar-refractivity contribution is 6.10. The molecule has 1 unspecified atom stereocenters. The molecule has 3 atom stereocenters. The van der Waals surface area contributed by atoms with Gasteiger partial charge in [-0.15, -0.1) is 0 Å². The average Bonchev–Trinajstić information content (AvgIpc) is 3.62. The molecule has 1 N–H and O–H groups in total. The van der Waals surface area contributed by atoms with Crippen molar-refractivity contribution >= 4 is 23.8 Å². The van der Waals surface area contributed by atoms with Crippen molar-refractivity contribution in [2.24, 2.45) is 0 Å². The minimum Gasteiger partial charge on any atom is -0.347 e. The Morgan fingerprint density at radius 1 is 1.07 bits per heavy atom. The van der Waals surface area contributed by atoms with Gasteiger partial charge in [-0.3, -0.25) is 24.0 Å². The van der Waals surface area contributed by atoms with Gasteiger partial charge in [-0.1, -0.05) is 24.3 Å². The van der Waals surface area contributed by atoms with Gasteiger partial charge in [0, 0.05) is 38.8 Å². The van der Waals surface area contributed by atoms with Gasteiger partial charge in [-0.05, 0) is 47.4 Å². The zero-order valence-electron chi connectivity index (χ0n) is 24.4. The van der Waals surface area contributed by atoms with Crippen molar-refractivity contribution in [2.75, 3.05) is 20.6 Å². The lowest BCUT2D eigenvalue weighted by molar-refractivity contribution is -0.187. The number of halogens is 5. The second-order valence-electron chi connectivity index (χ2n) is 11.3. The molecule has 1 aromatic heterocycles. The maximum absolute atomic E-state index is 15.5. The van der Waals surface area contributed by atoms with Gasteiger partial charge in [0.2, 0.25) is 11.8 Å². The van der Waals surface area contributed by atoms with E-state index in [4.69, 9.17) is 0 Å². The third-order valence-corrected chi connectivity index (χ3v) is 8.09. The summed E-state index contributed by atoms with van der Waals surface area (Å²) in [5, 5.41) is 6.64.